The molecule has 0 heterocycles. The van der Waals surface area contributed by atoms with Gasteiger partial charge in [0.25, 0.3) is 0 Å². The van der Waals surface area contributed by atoms with Crippen LogP contribution in [0.4, 0.5) is 44.3 Å². The van der Waals surface area contributed by atoms with Gasteiger partial charge in [0, 0.05) is 0 Å². The van der Waals surface area contributed by atoms with Gasteiger partial charge in [-0.05, 0) is 0 Å². The molecule has 0 saturated carbocycles. The lowest BCUT2D eigenvalue weighted by molar-refractivity contribution is -0.530. The van der Waals surface area contributed by atoms with Crippen LogP contribution in [-0.4, -0.2) is 44.6 Å². The van der Waals surface area contributed by atoms with E-state index < -0.39 is 37.5 Å². The van der Waals surface area contributed by atoms with Crippen molar-refractivity contribution in [2.45, 2.75) is 24.7 Å². The number of carbonyl (C=O) groups excluding carboxylic acids is 1. The number of hydrogen-bond acceptors (Lipinski definition) is 5. The van der Waals surface area contributed by atoms with Crippen LogP contribution in [0.1, 0.15) is 0 Å². The maximum atomic E-state index is 12.7. The molecule has 0 radical (unpaired) electrons. The number of halogens is 9. The second-order valence-electron chi connectivity index (χ2n) is 3.06. The third kappa shape index (κ3) is 6.70. The van der Waals surface area contributed by atoms with Crippen LogP contribution >= 0.6 is 0 Å². The Morgan fingerprint density at radius 1 is 0.857 bits per heavy atom. The first-order chi connectivity index (χ1) is 9.12. The van der Waals surface area contributed by atoms with Gasteiger partial charge in [-0.1, -0.05) is 0 Å². The van der Waals surface area contributed by atoms with Gasteiger partial charge >= 0.3 is 30.8 Å². The van der Waals surface area contributed by atoms with Crippen molar-refractivity contribution in [3.05, 3.63) is 0 Å². The molecule has 0 fully saturated rings. The first kappa shape index (κ1) is 19.6. The summed E-state index contributed by atoms with van der Waals surface area (Å²) in [7, 11) is 0.640. The molecule has 0 atom stereocenters. The van der Waals surface area contributed by atoms with Crippen molar-refractivity contribution < 1.29 is 63.3 Å². The summed E-state index contributed by atoms with van der Waals surface area (Å²) in [5, 5.41) is 0. The molecule has 0 N–H and O–H groups in total. The summed E-state index contributed by atoms with van der Waals surface area (Å²) in [4.78, 5) is 10.3. The van der Waals surface area contributed by atoms with Crippen molar-refractivity contribution in [2.24, 2.45) is 0 Å². The van der Waals surface area contributed by atoms with E-state index in [9.17, 15) is 44.3 Å². The number of ether oxygens (including phenoxy) is 4. The van der Waals surface area contributed by atoms with Gasteiger partial charge in [0.2, 0.25) is 0 Å². The van der Waals surface area contributed by atoms with Crippen molar-refractivity contribution in [1.82, 2.24) is 0 Å². The van der Waals surface area contributed by atoms with Gasteiger partial charge < -0.3 is 9.47 Å². The maximum absolute atomic E-state index is 12.7. The molecule has 0 unspecified atom stereocenters. The minimum absolute atomic E-state index is 0.640. The fourth-order valence-corrected chi connectivity index (χ4v) is 0.683. The molecule has 0 aromatic heterocycles. The first-order valence-electron chi connectivity index (χ1n) is 4.43. The van der Waals surface area contributed by atoms with E-state index in [0.717, 1.165) is 0 Å². The second kappa shape index (κ2) is 6.13. The van der Waals surface area contributed by atoms with Gasteiger partial charge in [0.15, 0.2) is 6.61 Å². The Bertz CT molecular complexity index is 366. The van der Waals surface area contributed by atoms with E-state index in [2.05, 4.69) is 14.2 Å². The molecule has 0 amide bonds. The molecule has 126 valence electrons. The topological polar surface area (TPSA) is 54.0 Å². The summed E-state index contributed by atoms with van der Waals surface area (Å²) in [6.07, 6.45) is -26.2. The number of carbonyl (C=O) groups is 1. The lowest BCUT2D eigenvalue weighted by atomic mass is 10.5. The summed E-state index contributed by atoms with van der Waals surface area (Å²) in [5.74, 6) is 0. The Morgan fingerprint density at radius 2 is 1.29 bits per heavy atom. The van der Waals surface area contributed by atoms with E-state index in [1.807, 2.05) is 0 Å². The summed E-state index contributed by atoms with van der Waals surface area (Å²) < 4.78 is 121. The Kier molecular flexibility index (Phi) is 5.71. The number of alkyl halides is 9. The molecular formula is C7H5F9O5. The summed E-state index contributed by atoms with van der Waals surface area (Å²) in [5.41, 5.74) is 0. The average molecular weight is 340 g/mol. The molecule has 0 aromatic rings. The van der Waals surface area contributed by atoms with Crippen molar-refractivity contribution in [2.75, 3.05) is 13.7 Å². The van der Waals surface area contributed by atoms with E-state index in [1.165, 1.54) is 0 Å². The van der Waals surface area contributed by atoms with Crippen molar-refractivity contribution >= 4 is 6.16 Å². The van der Waals surface area contributed by atoms with Crippen LogP contribution in [0.3, 0.4) is 0 Å². The number of methoxy groups -OCH3 is 1. The second-order valence-corrected chi connectivity index (χ2v) is 3.06. The van der Waals surface area contributed by atoms with E-state index in [0.29, 0.717) is 7.11 Å². The molecule has 21 heavy (non-hydrogen) atoms. The van der Waals surface area contributed by atoms with Gasteiger partial charge in [-0.2, -0.15) is 26.3 Å². The van der Waals surface area contributed by atoms with Crippen LogP contribution in [0.25, 0.3) is 0 Å². The molecule has 0 bridgehead atoms. The first-order valence-corrected chi connectivity index (χ1v) is 4.43. The third-order valence-corrected chi connectivity index (χ3v) is 1.38. The van der Waals surface area contributed by atoms with Crippen LogP contribution in [0.5, 0.6) is 0 Å². The zero-order valence-electron chi connectivity index (χ0n) is 9.65. The predicted octanol–water partition coefficient (Wildman–Crippen LogP) is 3.10. The van der Waals surface area contributed by atoms with Crippen molar-refractivity contribution in [3.63, 3.8) is 0 Å². The normalized spacial score (nSPS) is 14.0. The van der Waals surface area contributed by atoms with Crippen LogP contribution in [0.2, 0.25) is 0 Å². The van der Waals surface area contributed by atoms with Crippen LogP contribution < -0.4 is 0 Å². The molecule has 0 rings (SSSR count). The SMILES string of the molecule is COC(=O)OCC(F)(F)OC(F)(F)C(F)(F)OC(F)(F)F. The Labute approximate surface area is 109 Å². The van der Waals surface area contributed by atoms with Gasteiger partial charge in [-0.25, -0.2) is 14.3 Å². The van der Waals surface area contributed by atoms with E-state index in [4.69, 9.17) is 0 Å². The molecule has 0 aliphatic heterocycles. The van der Waals surface area contributed by atoms with Crippen LogP contribution in [0.15, 0.2) is 0 Å². The standard InChI is InChI=1S/C7H5F9O5/c1-18-3(17)19-2-4(8,9)20-5(10,11)6(12,13)21-7(14,15)16/h2H2,1H3. The fraction of sp³-hybridized carbons (Fsp3) is 0.857. The van der Waals surface area contributed by atoms with Gasteiger partial charge in [0.1, 0.15) is 0 Å². The van der Waals surface area contributed by atoms with E-state index in [-0.39, 0.29) is 0 Å². The highest BCUT2D eigenvalue weighted by molar-refractivity contribution is 5.59. The van der Waals surface area contributed by atoms with Gasteiger partial charge in [-0.3, -0.25) is 0 Å². The smallest absolute Gasteiger partial charge is 0.438 e. The molecular weight excluding hydrogens is 335 g/mol. The van der Waals surface area contributed by atoms with E-state index >= 15 is 0 Å². The summed E-state index contributed by atoms with van der Waals surface area (Å²) in [6.45, 7) is -2.32. The molecule has 0 aliphatic rings. The average Bonchev–Trinajstić information content (AvgIpc) is 2.20. The molecule has 0 aromatic carbocycles. The lowest BCUT2D eigenvalue weighted by Crippen LogP contribution is -2.52. The molecule has 0 saturated heterocycles. The molecule has 5 nitrogen and oxygen atoms in total. The molecule has 0 aliphatic carbocycles. The lowest BCUT2D eigenvalue weighted by Gasteiger charge is -2.28. The highest BCUT2D eigenvalue weighted by Gasteiger charge is 2.68. The zero-order valence-corrected chi connectivity index (χ0v) is 9.65. The maximum Gasteiger partial charge on any atom is 0.527 e. The summed E-state index contributed by atoms with van der Waals surface area (Å²) >= 11 is 0. The van der Waals surface area contributed by atoms with Gasteiger partial charge in [-0.15, -0.1) is 13.2 Å². The Balaban J connectivity index is 4.87. The monoisotopic (exact) mass is 340 g/mol. The quantitative estimate of drug-likeness (QED) is 0.549. The Hall–Kier alpha value is -1.44. The molecule has 14 heteroatoms. The van der Waals surface area contributed by atoms with Crippen molar-refractivity contribution in [3.8, 4) is 0 Å². The number of rotatable bonds is 6. The zero-order chi connectivity index (χ0) is 17.1. The van der Waals surface area contributed by atoms with E-state index in [1.54, 1.807) is 4.74 Å². The predicted molar refractivity (Wildman–Crippen MR) is 41.4 cm³/mol. The van der Waals surface area contributed by atoms with Crippen LogP contribution in [0, 0.1) is 0 Å². The summed E-state index contributed by atoms with van der Waals surface area (Å²) in [6, 6.07) is 0. The van der Waals surface area contributed by atoms with Crippen molar-refractivity contribution in [1.29, 1.82) is 0 Å². The fourth-order valence-electron chi connectivity index (χ4n) is 0.683. The highest BCUT2D eigenvalue weighted by Crippen LogP contribution is 2.43. The van der Waals surface area contributed by atoms with Gasteiger partial charge in [0.05, 0.1) is 7.11 Å². The minimum atomic E-state index is -6.46. The van der Waals surface area contributed by atoms with Crippen LogP contribution in [-0.2, 0) is 18.9 Å². The highest BCUT2D eigenvalue weighted by atomic mass is 19.4. The Morgan fingerprint density at radius 3 is 1.67 bits per heavy atom. The largest absolute Gasteiger partial charge is 0.527 e. The number of hydrogen-bond donors (Lipinski definition) is 0. The molecule has 0 spiro atoms. The minimum Gasteiger partial charge on any atom is -0.438 e. The third-order valence-electron chi connectivity index (χ3n) is 1.38.